The van der Waals surface area contributed by atoms with Crippen molar-refractivity contribution in [2.45, 2.75) is 5.92 Å². The zero-order chi connectivity index (χ0) is 14.1. The van der Waals surface area contributed by atoms with E-state index in [1.54, 1.807) is 20.3 Å². The van der Waals surface area contributed by atoms with Gasteiger partial charge < -0.3 is 14.8 Å². The summed E-state index contributed by atoms with van der Waals surface area (Å²) in [5.41, 5.74) is 2.57. The third kappa shape index (κ3) is 1.90. The molecule has 0 spiro atoms. The second-order valence-corrected chi connectivity index (χ2v) is 4.63. The van der Waals surface area contributed by atoms with Gasteiger partial charge in [-0.15, -0.1) is 0 Å². The van der Waals surface area contributed by atoms with Crippen molar-refractivity contribution in [3.05, 3.63) is 53.6 Å². The van der Waals surface area contributed by atoms with Gasteiger partial charge in [0.15, 0.2) is 0 Å². The molecule has 0 radical (unpaired) electrons. The molecule has 0 saturated carbocycles. The Morgan fingerprint density at radius 1 is 1.05 bits per heavy atom. The number of ether oxygens (including phenoxy) is 2. The van der Waals surface area contributed by atoms with Gasteiger partial charge in [0.25, 0.3) is 0 Å². The van der Waals surface area contributed by atoms with Crippen LogP contribution in [0, 0.1) is 0 Å². The minimum Gasteiger partial charge on any atom is -0.497 e. The lowest BCUT2D eigenvalue weighted by molar-refractivity contribution is -0.116. The number of benzene rings is 2. The number of amides is 1. The molecule has 1 N–H and O–H groups in total. The number of carbonyl (C=O) groups is 1. The molecule has 1 aliphatic rings. The lowest BCUT2D eigenvalue weighted by Gasteiger charge is -2.12. The first-order chi connectivity index (χ1) is 9.74. The fourth-order valence-corrected chi connectivity index (χ4v) is 2.56. The van der Waals surface area contributed by atoms with E-state index in [0.29, 0.717) is 11.5 Å². The number of fused-ring (bicyclic) bond motifs is 1. The van der Waals surface area contributed by atoms with Crippen molar-refractivity contribution in [1.82, 2.24) is 0 Å². The Morgan fingerprint density at radius 2 is 1.80 bits per heavy atom. The fraction of sp³-hybridized carbons (Fsp3) is 0.188. The van der Waals surface area contributed by atoms with E-state index in [4.69, 9.17) is 9.47 Å². The zero-order valence-corrected chi connectivity index (χ0v) is 11.3. The predicted octanol–water partition coefficient (Wildman–Crippen LogP) is 2.79. The van der Waals surface area contributed by atoms with E-state index in [9.17, 15) is 4.79 Å². The summed E-state index contributed by atoms with van der Waals surface area (Å²) in [6, 6.07) is 13.3. The molecule has 20 heavy (non-hydrogen) atoms. The Bertz CT molecular complexity index is 652. The van der Waals surface area contributed by atoms with Crippen LogP contribution in [0.2, 0.25) is 0 Å². The highest BCUT2D eigenvalue weighted by atomic mass is 16.5. The summed E-state index contributed by atoms with van der Waals surface area (Å²) in [7, 11) is 3.18. The highest BCUT2D eigenvalue weighted by Gasteiger charge is 2.34. The van der Waals surface area contributed by atoms with E-state index >= 15 is 0 Å². The standard InChI is InChI=1S/C16H15NO3/c1-19-11-8-12-14(10-6-4-3-5-7-10)16(18)17-15(12)13(9-11)20-2/h3-9,14H,1-2H3,(H,17,18). The van der Waals surface area contributed by atoms with Gasteiger partial charge in [0.2, 0.25) is 5.91 Å². The van der Waals surface area contributed by atoms with Crippen molar-refractivity contribution >= 4 is 11.6 Å². The SMILES string of the molecule is COc1cc(OC)c2c(c1)C(c1ccccc1)C(=O)N2. The molecule has 2 aromatic rings. The molecule has 0 aromatic heterocycles. The lowest BCUT2D eigenvalue weighted by Crippen LogP contribution is -2.13. The molecule has 1 aliphatic heterocycles. The minimum atomic E-state index is -0.324. The van der Waals surface area contributed by atoms with E-state index in [2.05, 4.69) is 5.32 Å². The van der Waals surface area contributed by atoms with Gasteiger partial charge in [0.05, 0.1) is 25.8 Å². The molecule has 3 rings (SSSR count). The number of methoxy groups -OCH3 is 2. The fourth-order valence-electron chi connectivity index (χ4n) is 2.56. The highest BCUT2D eigenvalue weighted by molar-refractivity contribution is 6.06. The van der Waals surface area contributed by atoms with Crippen LogP contribution in [0.25, 0.3) is 0 Å². The van der Waals surface area contributed by atoms with Gasteiger partial charge >= 0.3 is 0 Å². The van der Waals surface area contributed by atoms with Crippen LogP contribution < -0.4 is 14.8 Å². The first-order valence-electron chi connectivity index (χ1n) is 6.36. The van der Waals surface area contributed by atoms with Gasteiger partial charge in [0, 0.05) is 11.6 Å². The van der Waals surface area contributed by atoms with Crippen molar-refractivity contribution in [2.75, 3.05) is 19.5 Å². The first kappa shape index (κ1) is 12.5. The van der Waals surface area contributed by atoms with Crippen LogP contribution >= 0.6 is 0 Å². The molecule has 0 fully saturated rings. The van der Waals surface area contributed by atoms with Crippen molar-refractivity contribution in [3.8, 4) is 11.5 Å². The van der Waals surface area contributed by atoms with E-state index < -0.39 is 0 Å². The smallest absolute Gasteiger partial charge is 0.236 e. The van der Waals surface area contributed by atoms with Crippen LogP contribution in [-0.4, -0.2) is 20.1 Å². The lowest BCUT2D eigenvalue weighted by atomic mass is 9.92. The van der Waals surface area contributed by atoms with Crippen molar-refractivity contribution in [2.24, 2.45) is 0 Å². The van der Waals surface area contributed by atoms with E-state index in [0.717, 1.165) is 16.8 Å². The molecule has 0 saturated heterocycles. The van der Waals surface area contributed by atoms with Crippen LogP contribution in [0.3, 0.4) is 0 Å². The average Bonchev–Trinajstić information content (AvgIpc) is 2.82. The van der Waals surface area contributed by atoms with Gasteiger partial charge in [-0.25, -0.2) is 0 Å². The topological polar surface area (TPSA) is 47.6 Å². The third-order valence-electron chi connectivity index (χ3n) is 3.52. The summed E-state index contributed by atoms with van der Waals surface area (Å²) in [4.78, 5) is 12.3. The molecule has 102 valence electrons. The summed E-state index contributed by atoms with van der Waals surface area (Å²) in [6.07, 6.45) is 0. The molecule has 4 heteroatoms. The second kappa shape index (κ2) is 4.89. The summed E-state index contributed by atoms with van der Waals surface area (Å²) < 4.78 is 10.6. The third-order valence-corrected chi connectivity index (χ3v) is 3.52. The van der Waals surface area contributed by atoms with E-state index in [1.165, 1.54) is 0 Å². The maximum Gasteiger partial charge on any atom is 0.236 e. The summed E-state index contributed by atoms with van der Waals surface area (Å²) >= 11 is 0. The Kier molecular flexibility index (Phi) is 3.06. The zero-order valence-electron chi connectivity index (χ0n) is 11.3. The molecule has 4 nitrogen and oxygen atoms in total. The van der Waals surface area contributed by atoms with Crippen LogP contribution in [0.1, 0.15) is 17.0 Å². The molecule has 1 amide bonds. The molecule has 0 bridgehead atoms. The summed E-state index contributed by atoms with van der Waals surface area (Å²) in [5.74, 6) is 0.928. The number of rotatable bonds is 3. The van der Waals surface area contributed by atoms with Gasteiger partial charge in [-0.2, -0.15) is 0 Å². The molecule has 1 heterocycles. The Hall–Kier alpha value is -2.49. The molecular formula is C16H15NO3. The maximum atomic E-state index is 12.3. The Labute approximate surface area is 117 Å². The largest absolute Gasteiger partial charge is 0.497 e. The summed E-state index contributed by atoms with van der Waals surface area (Å²) in [5, 5.41) is 2.90. The normalized spacial score (nSPS) is 16.5. The summed E-state index contributed by atoms with van der Waals surface area (Å²) in [6.45, 7) is 0. The van der Waals surface area contributed by atoms with Crippen LogP contribution in [0.5, 0.6) is 11.5 Å². The highest BCUT2D eigenvalue weighted by Crippen LogP contribution is 2.44. The average molecular weight is 269 g/mol. The Balaban J connectivity index is 2.16. The van der Waals surface area contributed by atoms with Crippen molar-refractivity contribution < 1.29 is 14.3 Å². The van der Waals surface area contributed by atoms with Crippen LogP contribution in [-0.2, 0) is 4.79 Å². The van der Waals surface area contributed by atoms with Gasteiger partial charge in [-0.3, -0.25) is 4.79 Å². The maximum absolute atomic E-state index is 12.3. The van der Waals surface area contributed by atoms with Gasteiger partial charge in [0.1, 0.15) is 11.5 Å². The molecular weight excluding hydrogens is 254 g/mol. The first-order valence-corrected chi connectivity index (χ1v) is 6.36. The molecule has 2 aromatic carbocycles. The predicted molar refractivity (Wildman–Crippen MR) is 76.5 cm³/mol. The molecule has 1 unspecified atom stereocenters. The number of carbonyl (C=O) groups excluding carboxylic acids is 1. The quantitative estimate of drug-likeness (QED) is 0.932. The number of hydrogen-bond acceptors (Lipinski definition) is 3. The van der Waals surface area contributed by atoms with Crippen molar-refractivity contribution in [3.63, 3.8) is 0 Å². The Morgan fingerprint density at radius 3 is 2.45 bits per heavy atom. The number of hydrogen-bond donors (Lipinski definition) is 1. The van der Waals surface area contributed by atoms with E-state index in [-0.39, 0.29) is 11.8 Å². The van der Waals surface area contributed by atoms with Crippen LogP contribution in [0.15, 0.2) is 42.5 Å². The minimum absolute atomic E-state index is 0.0437. The number of nitrogens with one attached hydrogen (secondary N) is 1. The van der Waals surface area contributed by atoms with Crippen LogP contribution in [0.4, 0.5) is 5.69 Å². The second-order valence-electron chi connectivity index (χ2n) is 4.63. The van der Waals surface area contributed by atoms with Gasteiger partial charge in [-0.05, 0) is 11.6 Å². The van der Waals surface area contributed by atoms with Crippen molar-refractivity contribution in [1.29, 1.82) is 0 Å². The number of anilines is 1. The molecule has 0 aliphatic carbocycles. The monoisotopic (exact) mass is 269 g/mol. The van der Waals surface area contributed by atoms with E-state index in [1.807, 2.05) is 36.4 Å². The van der Waals surface area contributed by atoms with Gasteiger partial charge in [-0.1, -0.05) is 30.3 Å². The molecule has 1 atom stereocenters.